The Morgan fingerprint density at radius 3 is 2.31 bits per heavy atom. The van der Waals surface area contributed by atoms with Crippen LogP contribution in [0.25, 0.3) is 0 Å². The minimum Gasteiger partial charge on any atom is -0.507 e. The van der Waals surface area contributed by atoms with Crippen molar-refractivity contribution < 1.29 is 42.9 Å². The summed E-state index contributed by atoms with van der Waals surface area (Å²) in [5.74, 6) is -4.28. The Morgan fingerprint density at radius 2 is 1.69 bits per heavy atom. The Morgan fingerprint density at radius 1 is 1.00 bits per heavy atom. The van der Waals surface area contributed by atoms with E-state index in [4.69, 9.17) is 10.2 Å². The van der Waals surface area contributed by atoms with Gasteiger partial charge in [0.15, 0.2) is 0 Å². The van der Waals surface area contributed by atoms with Crippen molar-refractivity contribution >= 4 is 34.2 Å². The summed E-state index contributed by atoms with van der Waals surface area (Å²) in [5, 5.41) is 30.0. The largest absolute Gasteiger partial charge is 0.507 e. The first-order valence-electron chi connectivity index (χ1n) is 11.1. The molecule has 0 aliphatic heterocycles. The molecule has 2 aromatic rings. The molecule has 2 rings (SSSR count). The summed E-state index contributed by atoms with van der Waals surface area (Å²) in [5.41, 5.74) is 0.338. The van der Waals surface area contributed by atoms with E-state index < -0.39 is 57.6 Å². The normalized spacial score (nSPS) is 12.9. The molecular weight excluding hydrogens is 492 g/mol. The van der Waals surface area contributed by atoms with Gasteiger partial charge >= 0.3 is 11.9 Å². The van der Waals surface area contributed by atoms with Crippen LogP contribution in [0.4, 0.5) is 0 Å². The molecule has 2 aromatic carbocycles. The van der Waals surface area contributed by atoms with Crippen molar-refractivity contribution in [3.8, 4) is 5.75 Å². The number of aromatic hydroxyl groups is 1. The number of aliphatic carboxylic acids is 1. The molecule has 0 bridgehead atoms. The number of aldehydes is 1. The quantitative estimate of drug-likeness (QED) is 0.171. The molecule has 0 aliphatic rings. The van der Waals surface area contributed by atoms with Crippen molar-refractivity contribution in [1.29, 1.82) is 0 Å². The number of sulfonamides is 1. The first-order chi connectivity index (χ1) is 17.0. The number of carboxylic acids is 2. The van der Waals surface area contributed by atoms with E-state index in [1.54, 1.807) is 0 Å². The van der Waals surface area contributed by atoms with E-state index in [0.717, 1.165) is 23.8 Å². The van der Waals surface area contributed by atoms with Gasteiger partial charge in [-0.15, -0.1) is 0 Å². The molecule has 0 radical (unpaired) electrons. The molecule has 0 heterocycles. The topological polar surface area (TPSA) is 187 Å². The van der Waals surface area contributed by atoms with Gasteiger partial charge in [-0.25, -0.2) is 17.9 Å². The van der Waals surface area contributed by atoms with Gasteiger partial charge < -0.3 is 25.4 Å². The highest BCUT2D eigenvalue weighted by molar-refractivity contribution is 7.89. The van der Waals surface area contributed by atoms with Gasteiger partial charge in [0.25, 0.3) is 0 Å². The molecule has 5 N–H and O–H groups in total. The summed E-state index contributed by atoms with van der Waals surface area (Å²) in [6.07, 6.45) is 1.34. The average Bonchev–Trinajstić information content (AvgIpc) is 2.82. The molecule has 1 amide bonds. The van der Waals surface area contributed by atoms with E-state index in [1.807, 2.05) is 30.3 Å². The van der Waals surface area contributed by atoms with Gasteiger partial charge in [0.05, 0.1) is 17.4 Å². The molecule has 0 saturated carbocycles. The van der Waals surface area contributed by atoms with Crippen molar-refractivity contribution in [2.24, 2.45) is 5.92 Å². The fourth-order valence-corrected chi connectivity index (χ4v) is 4.61. The fraction of sp³-hybridized carbons (Fsp3) is 0.333. The molecule has 12 heteroatoms. The van der Waals surface area contributed by atoms with E-state index in [9.17, 15) is 32.7 Å². The molecule has 36 heavy (non-hydrogen) atoms. The molecule has 0 spiro atoms. The highest BCUT2D eigenvalue weighted by atomic mass is 32.2. The van der Waals surface area contributed by atoms with Gasteiger partial charge in [0.2, 0.25) is 15.9 Å². The van der Waals surface area contributed by atoms with Crippen LogP contribution in [-0.2, 0) is 30.8 Å². The van der Waals surface area contributed by atoms with E-state index in [0.29, 0.717) is 32.0 Å². The lowest BCUT2D eigenvalue weighted by molar-refractivity contribution is -0.139. The second-order valence-corrected chi connectivity index (χ2v) is 9.88. The first-order valence-corrected chi connectivity index (χ1v) is 12.6. The molecule has 0 fully saturated rings. The maximum Gasteiger partial charge on any atom is 0.339 e. The molecule has 0 aliphatic carbocycles. The van der Waals surface area contributed by atoms with Gasteiger partial charge in [-0.1, -0.05) is 36.8 Å². The van der Waals surface area contributed by atoms with Crippen LogP contribution in [0.1, 0.15) is 41.6 Å². The summed E-state index contributed by atoms with van der Waals surface area (Å²) < 4.78 is 27.3. The number of hydrogen-bond acceptors (Lipinski definition) is 7. The lowest BCUT2D eigenvalue weighted by Gasteiger charge is -2.19. The molecule has 0 saturated heterocycles. The van der Waals surface area contributed by atoms with Crippen LogP contribution in [0.5, 0.6) is 5.75 Å². The summed E-state index contributed by atoms with van der Waals surface area (Å²) in [4.78, 5) is 45.7. The molecule has 2 atom stereocenters. The maximum atomic E-state index is 12.8. The first kappa shape index (κ1) is 28.5. The van der Waals surface area contributed by atoms with E-state index in [1.165, 1.54) is 0 Å². The SMILES string of the molecule is O=C[C@H](CC(=O)O)NC(=O)C(CCCCNS(=O)(=O)c1ccc(O)c(C(=O)O)c1)Cc1ccccc1. The molecule has 11 nitrogen and oxygen atoms in total. The van der Waals surface area contributed by atoms with Crippen LogP contribution in [0.15, 0.2) is 53.4 Å². The number of unbranched alkanes of at least 4 members (excludes halogenated alkanes) is 1. The third kappa shape index (κ3) is 8.78. The Labute approximate surface area is 208 Å². The van der Waals surface area contributed by atoms with E-state index >= 15 is 0 Å². The number of carboxylic acid groups (broad SMARTS) is 2. The Bertz CT molecular complexity index is 1180. The van der Waals surface area contributed by atoms with Gasteiger partial charge in [-0.05, 0) is 43.0 Å². The summed E-state index contributed by atoms with van der Waals surface area (Å²) in [6.45, 7) is 0.0151. The third-order valence-corrected chi connectivity index (χ3v) is 6.82. The number of rotatable bonds is 15. The van der Waals surface area contributed by atoms with E-state index in [2.05, 4.69) is 10.0 Å². The van der Waals surface area contributed by atoms with Crippen molar-refractivity contribution in [2.75, 3.05) is 6.54 Å². The Kier molecular flexibility index (Phi) is 10.6. The summed E-state index contributed by atoms with van der Waals surface area (Å²) >= 11 is 0. The van der Waals surface area contributed by atoms with Crippen molar-refractivity contribution in [1.82, 2.24) is 10.0 Å². The zero-order chi connectivity index (χ0) is 26.7. The third-order valence-electron chi connectivity index (χ3n) is 5.36. The van der Waals surface area contributed by atoms with Gasteiger partial charge in [-0.2, -0.15) is 0 Å². The predicted molar refractivity (Wildman–Crippen MR) is 128 cm³/mol. The smallest absolute Gasteiger partial charge is 0.339 e. The zero-order valence-electron chi connectivity index (χ0n) is 19.3. The lowest BCUT2D eigenvalue weighted by atomic mass is 9.93. The number of nitrogens with one attached hydrogen (secondary N) is 2. The monoisotopic (exact) mass is 520 g/mol. The highest BCUT2D eigenvalue weighted by Gasteiger charge is 2.23. The molecule has 1 unspecified atom stereocenters. The Hall–Kier alpha value is -3.77. The minimum absolute atomic E-state index is 0.0151. The maximum absolute atomic E-state index is 12.8. The number of benzene rings is 2. The molecule has 0 aromatic heterocycles. The lowest BCUT2D eigenvalue weighted by Crippen LogP contribution is -2.41. The van der Waals surface area contributed by atoms with Crippen LogP contribution in [0, 0.1) is 5.92 Å². The number of carbonyl (C=O) groups is 4. The van der Waals surface area contributed by atoms with Crippen LogP contribution < -0.4 is 10.0 Å². The number of aromatic carboxylic acids is 1. The highest BCUT2D eigenvalue weighted by Crippen LogP contribution is 2.21. The standard InChI is InChI=1S/C24H28N2O9S/c27-15-18(13-22(29)30)26-23(31)17(12-16-6-2-1-3-7-16)8-4-5-11-25-36(34,35)19-9-10-21(28)20(14-19)24(32)33/h1-3,6-7,9-10,14-15,17-18,25,28H,4-5,8,11-13H2,(H,26,31)(H,29,30)(H,32,33)/t17?,18-/m0/s1. The minimum atomic E-state index is -4.03. The zero-order valence-corrected chi connectivity index (χ0v) is 20.1. The average molecular weight is 521 g/mol. The molecular formula is C24H28N2O9S. The molecule has 194 valence electrons. The van der Waals surface area contributed by atoms with Gasteiger partial charge in [0.1, 0.15) is 17.6 Å². The van der Waals surface area contributed by atoms with Crippen LogP contribution in [0.2, 0.25) is 0 Å². The van der Waals surface area contributed by atoms with E-state index in [-0.39, 0.29) is 11.4 Å². The van der Waals surface area contributed by atoms with Crippen LogP contribution in [0.3, 0.4) is 0 Å². The van der Waals surface area contributed by atoms with Crippen molar-refractivity contribution in [3.63, 3.8) is 0 Å². The number of hydrogen-bond donors (Lipinski definition) is 5. The van der Waals surface area contributed by atoms with Gasteiger partial charge in [0, 0.05) is 12.5 Å². The van der Waals surface area contributed by atoms with Gasteiger partial charge in [-0.3, -0.25) is 9.59 Å². The fourth-order valence-electron chi connectivity index (χ4n) is 3.51. The van der Waals surface area contributed by atoms with Crippen molar-refractivity contribution in [3.05, 3.63) is 59.7 Å². The second kappa shape index (κ2) is 13.4. The number of amides is 1. The predicted octanol–water partition coefficient (Wildman–Crippen LogP) is 1.56. The number of carbonyl (C=O) groups excluding carboxylic acids is 2. The summed E-state index contributed by atoms with van der Waals surface area (Å²) in [6, 6.07) is 10.9. The van der Waals surface area contributed by atoms with Crippen LogP contribution >= 0.6 is 0 Å². The number of phenols is 1. The van der Waals surface area contributed by atoms with Crippen molar-refractivity contribution in [2.45, 2.75) is 43.0 Å². The van der Waals surface area contributed by atoms with Crippen LogP contribution in [-0.4, -0.2) is 60.5 Å². The summed E-state index contributed by atoms with van der Waals surface area (Å²) in [7, 11) is -4.03. The second-order valence-electron chi connectivity index (χ2n) is 8.11. The Balaban J connectivity index is 1.97.